The molecule has 3 aliphatic carbocycles. The van der Waals surface area contributed by atoms with E-state index in [-0.39, 0.29) is 11.5 Å². The minimum Gasteiger partial charge on any atom is -0.293 e. The lowest BCUT2D eigenvalue weighted by Gasteiger charge is -2.58. The Morgan fingerprint density at radius 3 is 2.80 bits per heavy atom. The number of rotatable bonds is 2. The summed E-state index contributed by atoms with van der Waals surface area (Å²) in [5.41, 5.74) is 2.98. The molecule has 4 aliphatic rings. The van der Waals surface area contributed by atoms with Crippen LogP contribution in [0.5, 0.6) is 0 Å². The van der Waals surface area contributed by atoms with Gasteiger partial charge in [-0.25, -0.2) is 0 Å². The molecule has 0 amide bonds. The molecule has 1 aliphatic heterocycles. The van der Waals surface area contributed by atoms with Crippen molar-refractivity contribution in [2.45, 2.75) is 62.8 Å². The van der Waals surface area contributed by atoms with Gasteiger partial charge in [-0.05, 0) is 74.2 Å². The van der Waals surface area contributed by atoms with Gasteiger partial charge >= 0.3 is 0 Å². The zero-order valence-electron chi connectivity index (χ0n) is 14.8. The lowest BCUT2D eigenvalue weighted by molar-refractivity contribution is -0.0134. The van der Waals surface area contributed by atoms with Crippen molar-refractivity contribution in [2.75, 3.05) is 13.1 Å². The van der Waals surface area contributed by atoms with Gasteiger partial charge in [-0.3, -0.25) is 9.69 Å². The summed E-state index contributed by atoms with van der Waals surface area (Å²) in [6.07, 6.45) is 10.1. The predicted octanol–water partition coefficient (Wildman–Crippen LogP) is 4.06. The molecule has 0 unspecified atom stereocenters. The highest BCUT2D eigenvalue weighted by atomic mass is 16.1. The van der Waals surface area contributed by atoms with Crippen molar-refractivity contribution in [3.63, 3.8) is 0 Å². The molecule has 3 heteroatoms. The van der Waals surface area contributed by atoms with Crippen molar-refractivity contribution in [2.24, 2.45) is 11.8 Å². The minimum absolute atomic E-state index is 0.0927. The van der Waals surface area contributed by atoms with E-state index in [4.69, 9.17) is 0 Å². The van der Waals surface area contributed by atoms with Gasteiger partial charge in [0, 0.05) is 17.5 Å². The number of fused-ring (bicyclic) bond motifs is 1. The molecule has 130 valence electrons. The topological polar surface area (TPSA) is 44.1 Å². The number of Topliss-reactive ketones (excluding diaryl/α,β-unsaturated/α-hetero) is 1. The number of benzene rings is 1. The molecule has 25 heavy (non-hydrogen) atoms. The van der Waals surface area contributed by atoms with Crippen LogP contribution in [0.15, 0.2) is 18.2 Å². The highest BCUT2D eigenvalue weighted by molar-refractivity contribution is 6.03. The number of carbonyl (C=O) groups is 1. The van der Waals surface area contributed by atoms with Gasteiger partial charge in [0.05, 0.1) is 17.7 Å². The Morgan fingerprint density at radius 1 is 1.16 bits per heavy atom. The summed E-state index contributed by atoms with van der Waals surface area (Å²) in [5.74, 6) is 1.61. The molecule has 5 rings (SSSR count). The maximum Gasteiger partial charge on any atom is 0.180 e. The normalized spacial score (nSPS) is 34.6. The number of hydrogen-bond acceptors (Lipinski definition) is 3. The Balaban J connectivity index is 1.61. The van der Waals surface area contributed by atoms with Crippen molar-refractivity contribution >= 4 is 5.78 Å². The molecule has 2 bridgehead atoms. The van der Waals surface area contributed by atoms with Crippen LogP contribution in [0.3, 0.4) is 0 Å². The second-order valence-electron chi connectivity index (χ2n) is 8.73. The molecule has 0 aromatic heterocycles. The van der Waals surface area contributed by atoms with Crippen molar-refractivity contribution < 1.29 is 4.79 Å². The molecule has 3 nitrogen and oxygen atoms in total. The van der Waals surface area contributed by atoms with Gasteiger partial charge < -0.3 is 0 Å². The molecule has 1 aromatic rings. The Bertz CT molecular complexity index is 760. The van der Waals surface area contributed by atoms with Crippen LogP contribution in [0.4, 0.5) is 0 Å². The molecule has 0 spiro atoms. The summed E-state index contributed by atoms with van der Waals surface area (Å²) in [5, 5.41) is 9.36. The maximum absolute atomic E-state index is 13.5. The average Bonchev–Trinajstić information content (AvgIpc) is 2.62. The van der Waals surface area contributed by atoms with Crippen LogP contribution in [0.25, 0.3) is 0 Å². The first-order chi connectivity index (χ1) is 12.2. The van der Waals surface area contributed by atoms with Crippen LogP contribution in [0, 0.1) is 23.2 Å². The lowest BCUT2D eigenvalue weighted by atomic mass is 9.52. The van der Waals surface area contributed by atoms with Gasteiger partial charge in [-0.2, -0.15) is 5.26 Å². The van der Waals surface area contributed by atoms with Gasteiger partial charge in [0.15, 0.2) is 5.78 Å². The van der Waals surface area contributed by atoms with Gasteiger partial charge in [0.1, 0.15) is 0 Å². The lowest BCUT2D eigenvalue weighted by Crippen LogP contribution is -2.64. The van der Waals surface area contributed by atoms with E-state index in [9.17, 15) is 10.1 Å². The van der Waals surface area contributed by atoms with E-state index in [0.717, 1.165) is 31.0 Å². The second-order valence-corrected chi connectivity index (χ2v) is 8.73. The summed E-state index contributed by atoms with van der Waals surface area (Å²) in [4.78, 5) is 16.0. The van der Waals surface area contributed by atoms with Crippen LogP contribution < -0.4 is 0 Å². The zero-order chi connectivity index (χ0) is 17.0. The third-order valence-electron chi connectivity index (χ3n) is 7.65. The smallest absolute Gasteiger partial charge is 0.180 e. The monoisotopic (exact) mass is 334 g/mol. The Kier molecular flexibility index (Phi) is 3.54. The standard InChI is InChI=1S/C22H26N2O/c23-13-16-7-8-17-19(12-16)22-9-2-1-6-18(22)20(21(17)25)24(11-10-22)14-15-4-3-5-15/h7-8,12,15,18,20H,1-6,9-11,14H2/t18-,20+,22+/m0/s1. The fourth-order valence-electron chi connectivity index (χ4n) is 6.20. The first kappa shape index (κ1) is 15.6. The number of nitriles is 1. The van der Waals surface area contributed by atoms with E-state index in [0.29, 0.717) is 17.3 Å². The third kappa shape index (κ3) is 2.16. The minimum atomic E-state index is 0.0927. The molecule has 1 saturated heterocycles. The van der Waals surface area contributed by atoms with Crippen LogP contribution in [0.2, 0.25) is 0 Å². The van der Waals surface area contributed by atoms with Gasteiger partial charge in [-0.15, -0.1) is 0 Å². The summed E-state index contributed by atoms with van der Waals surface area (Å²) >= 11 is 0. The molecule has 0 N–H and O–H groups in total. The van der Waals surface area contributed by atoms with E-state index in [1.54, 1.807) is 0 Å². The van der Waals surface area contributed by atoms with E-state index in [1.807, 2.05) is 18.2 Å². The van der Waals surface area contributed by atoms with Crippen molar-refractivity contribution in [1.29, 1.82) is 5.26 Å². The van der Waals surface area contributed by atoms with Crippen molar-refractivity contribution in [3.05, 3.63) is 34.9 Å². The zero-order valence-corrected chi connectivity index (χ0v) is 14.8. The number of carbonyl (C=O) groups excluding carboxylic acids is 1. The first-order valence-corrected chi connectivity index (χ1v) is 10.1. The molecule has 0 radical (unpaired) electrons. The number of hydrogen-bond donors (Lipinski definition) is 0. The van der Waals surface area contributed by atoms with E-state index < -0.39 is 0 Å². The van der Waals surface area contributed by atoms with Crippen LogP contribution in [-0.2, 0) is 5.41 Å². The summed E-state index contributed by atoms with van der Waals surface area (Å²) < 4.78 is 0. The fraction of sp³-hybridized carbons (Fsp3) is 0.636. The highest BCUT2D eigenvalue weighted by Crippen LogP contribution is 2.56. The van der Waals surface area contributed by atoms with Crippen LogP contribution in [-0.4, -0.2) is 29.8 Å². The Labute approximate surface area is 150 Å². The number of ketones is 1. The summed E-state index contributed by atoms with van der Waals surface area (Å²) in [6.45, 7) is 2.17. The quantitative estimate of drug-likeness (QED) is 0.819. The number of piperidine rings is 1. The van der Waals surface area contributed by atoms with Crippen molar-refractivity contribution in [1.82, 2.24) is 4.90 Å². The van der Waals surface area contributed by atoms with Crippen LogP contribution >= 0.6 is 0 Å². The molecular formula is C22H26N2O. The Morgan fingerprint density at radius 2 is 2.04 bits per heavy atom. The average molecular weight is 334 g/mol. The van der Waals surface area contributed by atoms with Crippen molar-refractivity contribution in [3.8, 4) is 6.07 Å². The molecule has 1 aromatic carbocycles. The molecular weight excluding hydrogens is 308 g/mol. The SMILES string of the molecule is N#Cc1ccc2c(c1)[C@@]13CCCC[C@H]1[C@H](C2=O)N(CC1CCC1)CC3. The van der Waals surface area contributed by atoms with Crippen LogP contribution in [0.1, 0.15) is 72.9 Å². The fourth-order valence-corrected chi connectivity index (χ4v) is 6.20. The van der Waals surface area contributed by atoms with E-state index >= 15 is 0 Å². The van der Waals surface area contributed by atoms with Gasteiger partial charge in [0.25, 0.3) is 0 Å². The van der Waals surface area contributed by atoms with E-state index in [1.165, 1.54) is 50.5 Å². The molecule has 3 atom stereocenters. The highest BCUT2D eigenvalue weighted by Gasteiger charge is 2.57. The van der Waals surface area contributed by atoms with E-state index in [2.05, 4.69) is 11.0 Å². The number of likely N-dealkylation sites (tertiary alicyclic amines) is 1. The van der Waals surface area contributed by atoms with Gasteiger partial charge in [0.2, 0.25) is 0 Å². The maximum atomic E-state index is 13.5. The first-order valence-electron chi connectivity index (χ1n) is 10.1. The molecule has 2 saturated carbocycles. The largest absolute Gasteiger partial charge is 0.293 e. The Hall–Kier alpha value is -1.66. The molecule has 1 heterocycles. The number of nitrogens with zero attached hydrogens (tertiary/aromatic N) is 2. The predicted molar refractivity (Wildman–Crippen MR) is 96.4 cm³/mol. The van der Waals surface area contributed by atoms with Gasteiger partial charge in [-0.1, -0.05) is 19.3 Å². The molecule has 3 fully saturated rings. The second kappa shape index (κ2) is 5.68. The summed E-state index contributed by atoms with van der Waals surface area (Å²) in [7, 11) is 0. The third-order valence-corrected chi connectivity index (χ3v) is 7.65. The summed E-state index contributed by atoms with van der Waals surface area (Å²) in [6, 6.07) is 8.21.